The van der Waals surface area contributed by atoms with Crippen LogP contribution in [0.25, 0.3) is 0 Å². The van der Waals surface area contributed by atoms with Gasteiger partial charge < -0.3 is 4.74 Å². The first-order valence-electron chi connectivity index (χ1n) is 3.11. The molecule has 14 heavy (non-hydrogen) atoms. The molecule has 0 spiro atoms. The van der Waals surface area contributed by atoms with Crippen LogP contribution in [-0.2, 0) is 4.74 Å². The molecule has 0 aliphatic rings. The van der Waals surface area contributed by atoms with E-state index in [-0.39, 0.29) is 0 Å². The van der Waals surface area contributed by atoms with Gasteiger partial charge >= 0.3 is 18.0 Å². The molecule has 0 aromatic carbocycles. The van der Waals surface area contributed by atoms with Gasteiger partial charge in [-0.15, -0.1) is 0 Å². The zero-order valence-corrected chi connectivity index (χ0v) is 6.55. The Morgan fingerprint density at radius 3 is 1.50 bits per heavy atom. The van der Waals surface area contributed by atoms with Gasteiger partial charge in [0.25, 0.3) is 0 Å². The Kier molecular flexibility index (Phi) is 3.41. The molecule has 0 aliphatic carbocycles. The molecule has 0 atom stereocenters. The zero-order chi connectivity index (χ0) is 11.6. The lowest BCUT2D eigenvalue weighted by atomic mass is 10.1. The molecule has 0 heterocycles. The highest BCUT2D eigenvalue weighted by molar-refractivity contribution is 4.94. The molecule has 0 radical (unpaired) electrons. The van der Waals surface area contributed by atoms with E-state index in [9.17, 15) is 30.7 Å². The van der Waals surface area contributed by atoms with Crippen LogP contribution in [0.2, 0.25) is 0 Å². The fourth-order valence-corrected chi connectivity index (χ4v) is 0.498. The molecule has 0 saturated heterocycles. The Labute approximate surface area is 74.1 Å². The molecule has 0 fully saturated rings. The van der Waals surface area contributed by atoms with Gasteiger partial charge in [0.1, 0.15) is 6.61 Å². The first-order chi connectivity index (χ1) is 6.06. The third-order valence-corrected chi connectivity index (χ3v) is 1.30. The predicted molar refractivity (Wildman–Crippen MR) is 32.1 cm³/mol. The van der Waals surface area contributed by atoms with Gasteiger partial charge in [0, 0.05) is 0 Å². The Morgan fingerprint density at radius 1 is 0.929 bits per heavy atom. The van der Waals surface area contributed by atoms with Gasteiger partial charge in [0.05, 0.1) is 6.26 Å². The Bertz CT molecular complexity index is 189. The van der Waals surface area contributed by atoms with E-state index in [0.29, 0.717) is 6.26 Å². The van der Waals surface area contributed by atoms with E-state index < -0.39 is 24.6 Å². The largest absolute Gasteiger partial charge is 0.498 e. The molecular weight excluding hydrogens is 221 g/mol. The number of ether oxygens (including phenoxy) is 1. The summed E-state index contributed by atoms with van der Waals surface area (Å²) >= 11 is 0. The SMILES string of the molecule is C=COCC(F)(C(F)(F)F)C(F)(F)F. The molecule has 8 heteroatoms. The minimum atomic E-state index is -6.08. The van der Waals surface area contributed by atoms with Gasteiger partial charge in [0.15, 0.2) is 0 Å². The zero-order valence-electron chi connectivity index (χ0n) is 6.55. The molecule has 0 bridgehead atoms. The van der Waals surface area contributed by atoms with Crippen molar-refractivity contribution in [1.29, 1.82) is 0 Å². The highest BCUT2D eigenvalue weighted by atomic mass is 19.4. The number of hydrogen-bond donors (Lipinski definition) is 0. The molecule has 0 aliphatic heterocycles. The maximum Gasteiger partial charge on any atom is 0.435 e. The summed E-state index contributed by atoms with van der Waals surface area (Å²) in [5.41, 5.74) is -5.37. The third kappa shape index (κ3) is 2.30. The first-order valence-corrected chi connectivity index (χ1v) is 3.11. The summed E-state index contributed by atoms with van der Waals surface area (Å²) in [4.78, 5) is 0. The van der Waals surface area contributed by atoms with Crippen molar-refractivity contribution in [2.75, 3.05) is 6.61 Å². The lowest BCUT2D eigenvalue weighted by Crippen LogP contribution is -2.56. The number of alkyl halides is 7. The second kappa shape index (κ2) is 3.66. The molecule has 0 unspecified atom stereocenters. The summed E-state index contributed by atoms with van der Waals surface area (Å²) in [7, 11) is 0. The first kappa shape index (κ1) is 13.0. The van der Waals surface area contributed by atoms with Gasteiger partial charge in [0.2, 0.25) is 0 Å². The highest BCUT2D eigenvalue weighted by Crippen LogP contribution is 2.46. The van der Waals surface area contributed by atoms with Crippen molar-refractivity contribution in [1.82, 2.24) is 0 Å². The molecule has 0 saturated carbocycles. The standard InChI is InChI=1S/C6H5F7O/c1-2-14-3-4(7,5(8,9)10)6(11,12)13/h2H,1,3H2. The van der Waals surface area contributed by atoms with Crippen LogP contribution in [0, 0.1) is 0 Å². The molecule has 1 nitrogen and oxygen atoms in total. The molecule has 0 amide bonds. The van der Waals surface area contributed by atoms with Crippen molar-refractivity contribution < 1.29 is 35.5 Å². The van der Waals surface area contributed by atoms with E-state index in [2.05, 4.69) is 11.3 Å². The quantitative estimate of drug-likeness (QED) is 0.531. The number of halogens is 7. The number of rotatable bonds is 3. The van der Waals surface area contributed by atoms with Crippen molar-refractivity contribution in [2.45, 2.75) is 18.0 Å². The van der Waals surface area contributed by atoms with Crippen molar-refractivity contribution in [3.05, 3.63) is 12.8 Å². The van der Waals surface area contributed by atoms with Crippen LogP contribution in [0.1, 0.15) is 0 Å². The second-order valence-corrected chi connectivity index (χ2v) is 2.27. The Balaban J connectivity index is 4.96. The highest BCUT2D eigenvalue weighted by Gasteiger charge is 2.73. The third-order valence-electron chi connectivity index (χ3n) is 1.30. The Hall–Kier alpha value is -0.950. The maximum absolute atomic E-state index is 12.6. The van der Waals surface area contributed by atoms with Gasteiger partial charge in [-0.05, 0) is 0 Å². The molecule has 0 aromatic heterocycles. The van der Waals surface area contributed by atoms with Crippen LogP contribution >= 0.6 is 0 Å². The molecular formula is C6H5F7O. The molecule has 0 rings (SSSR count). The summed E-state index contributed by atoms with van der Waals surface area (Å²) in [6, 6.07) is 0. The lowest BCUT2D eigenvalue weighted by molar-refractivity contribution is -0.349. The minimum Gasteiger partial charge on any atom is -0.498 e. The van der Waals surface area contributed by atoms with Crippen molar-refractivity contribution >= 4 is 0 Å². The predicted octanol–water partition coefficient (Wildman–Crippen LogP) is 2.98. The molecule has 84 valence electrons. The topological polar surface area (TPSA) is 9.23 Å². The van der Waals surface area contributed by atoms with Crippen LogP contribution in [0.5, 0.6) is 0 Å². The van der Waals surface area contributed by atoms with Crippen molar-refractivity contribution in [3.63, 3.8) is 0 Å². The van der Waals surface area contributed by atoms with Crippen molar-refractivity contribution in [3.8, 4) is 0 Å². The average molecular weight is 226 g/mol. The van der Waals surface area contributed by atoms with Crippen LogP contribution in [0.15, 0.2) is 12.8 Å². The lowest BCUT2D eigenvalue weighted by Gasteiger charge is -2.28. The molecule has 0 aromatic rings. The van der Waals surface area contributed by atoms with Gasteiger partial charge in [-0.1, -0.05) is 6.58 Å². The number of hydrogen-bond acceptors (Lipinski definition) is 1. The smallest absolute Gasteiger partial charge is 0.435 e. The summed E-state index contributed by atoms with van der Waals surface area (Å²) < 4.78 is 86.5. The van der Waals surface area contributed by atoms with E-state index >= 15 is 0 Å². The van der Waals surface area contributed by atoms with Crippen molar-refractivity contribution in [2.24, 2.45) is 0 Å². The minimum absolute atomic E-state index is 0.297. The van der Waals surface area contributed by atoms with Gasteiger partial charge in [-0.3, -0.25) is 0 Å². The fourth-order valence-electron chi connectivity index (χ4n) is 0.498. The van der Waals surface area contributed by atoms with E-state index in [1.807, 2.05) is 0 Å². The van der Waals surface area contributed by atoms with Crippen LogP contribution in [-0.4, -0.2) is 24.6 Å². The van der Waals surface area contributed by atoms with E-state index in [1.54, 1.807) is 0 Å². The average Bonchev–Trinajstić information content (AvgIpc) is 1.95. The second-order valence-electron chi connectivity index (χ2n) is 2.27. The summed E-state index contributed by atoms with van der Waals surface area (Å²) in [5.74, 6) is 0. The summed E-state index contributed by atoms with van der Waals surface area (Å²) in [5, 5.41) is 0. The normalized spacial score (nSPS) is 13.9. The van der Waals surface area contributed by atoms with Gasteiger partial charge in [-0.25, -0.2) is 4.39 Å². The summed E-state index contributed by atoms with van der Waals surface area (Å²) in [6.45, 7) is 0.513. The van der Waals surface area contributed by atoms with E-state index in [4.69, 9.17) is 0 Å². The van der Waals surface area contributed by atoms with Crippen LogP contribution < -0.4 is 0 Å². The monoisotopic (exact) mass is 226 g/mol. The Morgan fingerprint density at radius 2 is 1.29 bits per heavy atom. The maximum atomic E-state index is 12.6. The van der Waals surface area contributed by atoms with Crippen LogP contribution in [0.4, 0.5) is 30.7 Å². The van der Waals surface area contributed by atoms with Gasteiger partial charge in [-0.2, -0.15) is 26.3 Å². The summed E-state index contributed by atoms with van der Waals surface area (Å²) in [6.07, 6.45) is -11.9. The molecule has 0 N–H and O–H groups in total. The van der Waals surface area contributed by atoms with E-state index in [1.165, 1.54) is 0 Å². The fraction of sp³-hybridized carbons (Fsp3) is 0.667. The van der Waals surface area contributed by atoms with E-state index in [0.717, 1.165) is 0 Å². The van der Waals surface area contributed by atoms with Crippen LogP contribution in [0.3, 0.4) is 0 Å².